The minimum Gasteiger partial charge on any atom is -0.497 e. The van der Waals surface area contributed by atoms with Gasteiger partial charge in [0.1, 0.15) is 16.7 Å². The highest BCUT2D eigenvalue weighted by molar-refractivity contribution is 7.90. The summed E-state index contributed by atoms with van der Waals surface area (Å²) in [6, 6.07) is 12.5. The quantitative estimate of drug-likeness (QED) is 0.572. The Morgan fingerprint density at radius 1 is 1.19 bits per heavy atom. The van der Waals surface area contributed by atoms with Crippen LogP contribution < -0.4 is 10.1 Å². The third-order valence-corrected chi connectivity index (χ3v) is 6.83. The largest absolute Gasteiger partial charge is 0.497 e. The SMILES string of the molecule is COc1ccc(-c2noc([C@H](C)NC(=O)CCN3C(=O)c4ccccc4S3(=O)=O)n2)cc1. The van der Waals surface area contributed by atoms with Crippen molar-refractivity contribution in [3.05, 3.63) is 60.0 Å². The van der Waals surface area contributed by atoms with Crippen LogP contribution >= 0.6 is 0 Å². The number of methoxy groups -OCH3 is 1. The number of fused-ring (bicyclic) bond motifs is 1. The predicted octanol–water partition coefficient (Wildman–Crippen LogP) is 2.16. The summed E-state index contributed by atoms with van der Waals surface area (Å²) in [6.07, 6.45) is -0.206. The normalized spacial score (nSPS) is 15.3. The van der Waals surface area contributed by atoms with Crippen LogP contribution in [-0.4, -0.2) is 48.3 Å². The molecule has 0 spiro atoms. The zero-order valence-electron chi connectivity index (χ0n) is 17.3. The molecule has 2 aromatic carbocycles. The average Bonchev–Trinajstić information content (AvgIpc) is 3.35. The molecule has 1 N–H and O–H groups in total. The summed E-state index contributed by atoms with van der Waals surface area (Å²) in [5.74, 6) is 0.152. The Morgan fingerprint density at radius 3 is 2.59 bits per heavy atom. The fraction of sp³-hybridized carbons (Fsp3) is 0.238. The summed E-state index contributed by atoms with van der Waals surface area (Å²) in [4.78, 5) is 29.0. The van der Waals surface area contributed by atoms with Gasteiger partial charge in [-0.1, -0.05) is 17.3 Å². The van der Waals surface area contributed by atoms with Gasteiger partial charge in [0.15, 0.2) is 0 Å². The fourth-order valence-corrected chi connectivity index (χ4v) is 4.87. The molecule has 0 unspecified atom stereocenters. The Labute approximate surface area is 184 Å². The molecule has 1 aromatic heterocycles. The first-order valence-corrected chi connectivity index (χ1v) is 11.2. The van der Waals surface area contributed by atoms with E-state index in [1.807, 2.05) is 0 Å². The standard InChI is InChI=1S/C21H20N4O6S/c1-13(20-23-19(24-31-20)14-7-9-15(30-2)10-8-14)22-18(26)11-12-25-21(27)16-5-3-4-6-17(16)32(25,28)29/h3-10,13H,11-12H2,1-2H3,(H,22,26)/t13-/m0/s1. The predicted molar refractivity (Wildman–Crippen MR) is 112 cm³/mol. The van der Waals surface area contributed by atoms with Crippen molar-refractivity contribution in [2.45, 2.75) is 24.3 Å². The van der Waals surface area contributed by atoms with Crippen molar-refractivity contribution in [3.63, 3.8) is 0 Å². The van der Waals surface area contributed by atoms with Crippen LogP contribution in [0.25, 0.3) is 11.4 Å². The maximum Gasteiger partial charge on any atom is 0.269 e. The number of aromatic nitrogens is 2. The number of sulfonamides is 1. The Balaban J connectivity index is 1.37. The number of hydrogen-bond acceptors (Lipinski definition) is 8. The van der Waals surface area contributed by atoms with Gasteiger partial charge in [-0.25, -0.2) is 12.7 Å². The highest BCUT2D eigenvalue weighted by Crippen LogP contribution is 2.30. The van der Waals surface area contributed by atoms with E-state index >= 15 is 0 Å². The average molecular weight is 456 g/mol. The summed E-state index contributed by atoms with van der Waals surface area (Å²) in [7, 11) is -2.38. The van der Waals surface area contributed by atoms with Gasteiger partial charge in [0.25, 0.3) is 15.9 Å². The van der Waals surface area contributed by atoms with E-state index in [1.54, 1.807) is 50.4 Å². The number of nitrogens with one attached hydrogen (secondary N) is 1. The van der Waals surface area contributed by atoms with Crippen molar-refractivity contribution in [1.29, 1.82) is 0 Å². The van der Waals surface area contributed by atoms with Crippen LogP contribution in [0.5, 0.6) is 5.75 Å². The molecule has 0 fully saturated rings. The molecule has 0 saturated carbocycles. The first-order valence-electron chi connectivity index (χ1n) is 9.74. The van der Waals surface area contributed by atoms with Gasteiger partial charge in [-0.15, -0.1) is 0 Å². The minimum absolute atomic E-state index is 0.0457. The Morgan fingerprint density at radius 2 is 1.91 bits per heavy atom. The van der Waals surface area contributed by atoms with Crippen LogP contribution in [0.1, 0.15) is 35.6 Å². The second kappa shape index (κ2) is 8.42. The molecule has 1 atom stereocenters. The number of benzene rings is 2. The minimum atomic E-state index is -3.95. The maximum absolute atomic E-state index is 12.6. The number of carbonyl (C=O) groups excluding carboxylic acids is 2. The molecule has 0 bridgehead atoms. The van der Waals surface area contributed by atoms with Gasteiger partial charge in [0.05, 0.1) is 12.7 Å². The Kier molecular flexibility index (Phi) is 5.66. The van der Waals surface area contributed by atoms with Crippen molar-refractivity contribution < 1.29 is 27.3 Å². The molecule has 11 heteroatoms. The second-order valence-corrected chi connectivity index (χ2v) is 8.93. The van der Waals surface area contributed by atoms with Gasteiger partial charge < -0.3 is 14.6 Å². The first-order chi connectivity index (χ1) is 15.3. The van der Waals surface area contributed by atoms with Crippen LogP contribution in [0.3, 0.4) is 0 Å². The molecule has 2 amide bonds. The van der Waals surface area contributed by atoms with E-state index < -0.39 is 27.9 Å². The molecule has 32 heavy (non-hydrogen) atoms. The summed E-state index contributed by atoms with van der Waals surface area (Å²) in [6.45, 7) is 1.39. The molecular weight excluding hydrogens is 436 g/mol. The van der Waals surface area contributed by atoms with Crippen molar-refractivity contribution >= 4 is 21.8 Å². The van der Waals surface area contributed by atoms with Gasteiger partial charge in [0, 0.05) is 18.5 Å². The van der Waals surface area contributed by atoms with E-state index in [-0.39, 0.29) is 29.3 Å². The van der Waals surface area contributed by atoms with Crippen molar-refractivity contribution in [1.82, 2.24) is 19.8 Å². The summed E-state index contributed by atoms with van der Waals surface area (Å²) < 4.78 is 36.2. The van der Waals surface area contributed by atoms with Crippen molar-refractivity contribution in [2.75, 3.05) is 13.7 Å². The molecular formula is C21H20N4O6S. The topological polar surface area (TPSA) is 132 Å². The number of nitrogens with zero attached hydrogens (tertiary/aromatic N) is 3. The van der Waals surface area contributed by atoms with Gasteiger partial charge in [-0.3, -0.25) is 9.59 Å². The van der Waals surface area contributed by atoms with Crippen molar-refractivity contribution in [3.8, 4) is 17.1 Å². The maximum atomic E-state index is 12.6. The zero-order valence-corrected chi connectivity index (χ0v) is 18.1. The second-order valence-electron chi connectivity index (χ2n) is 7.10. The number of ether oxygens (including phenoxy) is 1. The molecule has 0 saturated heterocycles. The number of rotatable bonds is 7. The first kappa shape index (κ1) is 21.5. The van der Waals surface area contributed by atoms with E-state index in [9.17, 15) is 18.0 Å². The molecule has 10 nitrogen and oxygen atoms in total. The van der Waals surface area contributed by atoms with Crippen molar-refractivity contribution in [2.24, 2.45) is 0 Å². The molecule has 0 aliphatic carbocycles. The summed E-state index contributed by atoms with van der Waals surface area (Å²) in [5.41, 5.74) is 0.829. The van der Waals surface area contributed by atoms with Gasteiger partial charge in [-0.05, 0) is 43.3 Å². The lowest BCUT2D eigenvalue weighted by atomic mass is 10.2. The van der Waals surface area contributed by atoms with Crippen LogP contribution in [0.4, 0.5) is 0 Å². The van der Waals surface area contributed by atoms with Gasteiger partial charge in [-0.2, -0.15) is 4.98 Å². The Hall–Kier alpha value is -3.73. The van der Waals surface area contributed by atoms with Crippen LogP contribution in [0.2, 0.25) is 0 Å². The van der Waals surface area contributed by atoms with E-state index in [2.05, 4.69) is 15.5 Å². The number of carbonyl (C=O) groups is 2. The van der Waals surface area contributed by atoms with Crippen LogP contribution in [0.15, 0.2) is 57.9 Å². The molecule has 2 heterocycles. The number of hydrogen-bond donors (Lipinski definition) is 1. The zero-order chi connectivity index (χ0) is 22.9. The monoisotopic (exact) mass is 456 g/mol. The molecule has 1 aliphatic rings. The van der Waals surface area contributed by atoms with E-state index in [0.717, 1.165) is 9.87 Å². The van der Waals surface area contributed by atoms with Crippen LogP contribution in [0, 0.1) is 0 Å². The van der Waals surface area contributed by atoms with Gasteiger partial charge >= 0.3 is 0 Å². The summed E-state index contributed by atoms with van der Waals surface area (Å²) in [5, 5.41) is 6.60. The lowest BCUT2D eigenvalue weighted by Gasteiger charge is -2.15. The lowest BCUT2D eigenvalue weighted by Crippen LogP contribution is -2.35. The molecule has 0 radical (unpaired) electrons. The van der Waals surface area contributed by atoms with Crippen LogP contribution in [-0.2, 0) is 14.8 Å². The smallest absolute Gasteiger partial charge is 0.269 e. The third kappa shape index (κ3) is 3.94. The van der Waals surface area contributed by atoms with E-state index in [0.29, 0.717) is 11.6 Å². The molecule has 1 aliphatic heterocycles. The molecule has 3 aromatic rings. The van der Waals surface area contributed by atoms with E-state index in [4.69, 9.17) is 9.26 Å². The summed E-state index contributed by atoms with van der Waals surface area (Å²) >= 11 is 0. The lowest BCUT2D eigenvalue weighted by molar-refractivity contribution is -0.121. The van der Waals surface area contributed by atoms with E-state index in [1.165, 1.54) is 12.1 Å². The molecule has 166 valence electrons. The third-order valence-electron chi connectivity index (χ3n) is 4.99. The highest BCUT2D eigenvalue weighted by atomic mass is 32.2. The highest BCUT2D eigenvalue weighted by Gasteiger charge is 2.40. The van der Waals surface area contributed by atoms with Gasteiger partial charge in [0.2, 0.25) is 17.6 Å². The molecule has 4 rings (SSSR count). The Bertz CT molecular complexity index is 1270. The fourth-order valence-electron chi connectivity index (χ4n) is 3.30. The number of amides is 2.